The first-order chi connectivity index (χ1) is 7.15. The quantitative estimate of drug-likeness (QED) is 0.519. The normalized spacial score (nSPS) is 35.5. The molecular formula is C11H16O4. The summed E-state index contributed by atoms with van der Waals surface area (Å²) in [5.74, 6) is -0.439. The van der Waals surface area contributed by atoms with Crippen molar-refractivity contribution in [3.05, 3.63) is 0 Å². The summed E-state index contributed by atoms with van der Waals surface area (Å²) < 4.78 is 10.4. The minimum absolute atomic E-state index is 0.0551. The molecule has 2 fully saturated rings. The van der Waals surface area contributed by atoms with Crippen molar-refractivity contribution in [2.75, 3.05) is 13.2 Å². The van der Waals surface area contributed by atoms with Crippen molar-refractivity contribution >= 4 is 11.8 Å². The largest absolute Gasteiger partial charge is 0.465 e. The highest BCUT2D eigenvalue weighted by Crippen LogP contribution is 2.38. The summed E-state index contributed by atoms with van der Waals surface area (Å²) in [7, 11) is 0. The van der Waals surface area contributed by atoms with Gasteiger partial charge in [0.15, 0.2) is 0 Å². The highest BCUT2D eigenvalue weighted by Gasteiger charge is 2.50. The van der Waals surface area contributed by atoms with Gasteiger partial charge < -0.3 is 9.47 Å². The predicted molar refractivity (Wildman–Crippen MR) is 52.3 cm³/mol. The Bertz CT molecular complexity index is 280. The van der Waals surface area contributed by atoms with Gasteiger partial charge in [-0.05, 0) is 26.2 Å². The molecule has 2 atom stereocenters. The molecule has 0 spiro atoms. The van der Waals surface area contributed by atoms with Gasteiger partial charge in [0.05, 0.1) is 12.7 Å². The minimum Gasteiger partial charge on any atom is -0.465 e. The van der Waals surface area contributed by atoms with Crippen molar-refractivity contribution in [3.63, 3.8) is 0 Å². The molecule has 0 N–H and O–H groups in total. The molecule has 0 aromatic carbocycles. The zero-order valence-corrected chi connectivity index (χ0v) is 8.95. The summed E-state index contributed by atoms with van der Waals surface area (Å²) in [4.78, 5) is 23.2. The van der Waals surface area contributed by atoms with Crippen molar-refractivity contribution in [2.24, 2.45) is 5.41 Å². The molecule has 2 saturated heterocycles. The van der Waals surface area contributed by atoms with E-state index >= 15 is 0 Å². The lowest BCUT2D eigenvalue weighted by molar-refractivity contribution is -0.152. The second-order valence-corrected chi connectivity index (χ2v) is 4.36. The highest BCUT2D eigenvalue weighted by atomic mass is 16.5. The number of hydrogen-bond donors (Lipinski definition) is 0. The molecule has 0 aromatic heterocycles. The first kappa shape index (κ1) is 10.6. The summed E-state index contributed by atoms with van der Waals surface area (Å²) in [5.41, 5.74) is -0.908. The number of rotatable bonds is 3. The Morgan fingerprint density at radius 3 is 2.80 bits per heavy atom. The minimum atomic E-state index is -0.908. The fourth-order valence-corrected chi connectivity index (χ4v) is 2.40. The maximum Gasteiger partial charge on any atom is 0.319 e. The van der Waals surface area contributed by atoms with Gasteiger partial charge in [-0.25, -0.2) is 0 Å². The third-order valence-electron chi connectivity index (χ3n) is 3.43. The number of hydrogen-bond acceptors (Lipinski definition) is 4. The molecule has 84 valence electrons. The number of esters is 1. The molecule has 0 amide bonds. The molecule has 4 heteroatoms. The molecule has 2 rings (SSSR count). The summed E-state index contributed by atoms with van der Waals surface area (Å²) in [6.45, 7) is 2.58. The van der Waals surface area contributed by atoms with E-state index in [0.717, 1.165) is 19.4 Å². The number of carbonyl (C=O) groups excluding carboxylic acids is 2. The van der Waals surface area contributed by atoms with Crippen LogP contribution in [-0.4, -0.2) is 31.1 Å². The van der Waals surface area contributed by atoms with Gasteiger partial charge in [-0.15, -0.1) is 0 Å². The lowest BCUT2D eigenvalue weighted by Gasteiger charge is -2.24. The van der Waals surface area contributed by atoms with Crippen LogP contribution in [0.1, 0.15) is 32.6 Å². The maximum absolute atomic E-state index is 11.6. The summed E-state index contributed by atoms with van der Waals surface area (Å²) in [6.07, 6.45) is 3.04. The van der Waals surface area contributed by atoms with Crippen molar-refractivity contribution in [2.45, 2.75) is 38.7 Å². The molecule has 4 nitrogen and oxygen atoms in total. The van der Waals surface area contributed by atoms with Gasteiger partial charge in [-0.2, -0.15) is 0 Å². The Labute approximate surface area is 88.9 Å². The Kier molecular flexibility index (Phi) is 2.78. The average Bonchev–Trinajstić information content (AvgIpc) is 2.78. The van der Waals surface area contributed by atoms with Gasteiger partial charge in [0, 0.05) is 13.0 Å². The first-order valence-electron chi connectivity index (χ1n) is 5.45. The molecule has 2 unspecified atom stereocenters. The molecule has 0 saturated carbocycles. The van der Waals surface area contributed by atoms with Crippen molar-refractivity contribution < 1.29 is 19.1 Å². The smallest absolute Gasteiger partial charge is 0.319 e. The maximum atomic E-state index is 11.6. The van der Waals surface area contributed by atoms with Crippen LogP contribution in [0.25, 0.3) is 0 Å². The van der Waals surface area contributed by atoms with E-state index in [4.69, 9.17) is 9.47 Å². The van der Waals surface area contributed by atoms with Crippen LogP contribution < -0.4 is 0 Å². The van der Waals surface area contributed by atoms with Crippen LogP contribution in [0, 0.1) is 5.41 Å². The Morgan fingerprint density at radius 1 is 1.53 bits per heavy atom. The fourth-order valence-electron chi connectivity index (χ4n) is 2.40. The zero-order valence-electron chi connectivity index (χ0n) is 8.95. The van der Waals surface area contributed by atoms with E-state index in [1.807, 2.05) is 0 Å². The molecule has 0 aromatic rings. The lowest BCUT2D eigenvalue weighted by Crippen LogP contribution is -2.37. The van der Waals surface area contributed by atoms with Gasteiger partial charge in [-0.1, -0.05) is 0 Å². The van der Waals surface area contributed by atoms with E-state index in [0.29, 0.717) is 19.4 Å². The van der Waals surface area contributed by atoms with Crippen LogP contribution in [0.15, 0.2) is 0 Å². The number of Topliss-reactive ketones (excluding diaryl/α,β-unsaturated/α-hetero) is 1. The Balaban J connectivity index is 2.11. The number of carbonyl (C=O) groups is 2. The van der Waals surface area contributed by atoms with Gasteiger partial charge in [0.25, 0.3) is 0 Å². The van der Waals surface area contributed by atoms with Crippen LogP contribution in [-0.2, 0) is 19.1 Å². The van der Waals surface area contributed by atoms with E-state index in [2.05, 4.69) is 0 Å². The standard InChI is InChI=1S/C11H16O4/c1-8(12)11(4-6-15-10(11)13)7-9-3-2-5-14-9/h9H,2-7H2,1H3. The number of ketones is 1. The molecule has 2 aliphatic heterocycles. The van der Waals surface area contributed by atoms with Crippen molar-refractivity contribution in [3.8, 4) is 0 Å². The van der Waals surface area contributed by atoms with Gasteiger partial charge >= 0.3 is 5.97 Å². The van der Waals surface area contributed by atoms with Crippen LogP contribution >= 0.6 is 0 Å². The van der Waals surface area contributed by atoms with E-state index in [9.17, 15) is 9.59 Å². The van der Waals surface area contributed by atoms with E-state index in [1.54, 1.807) is 0 Å². The number of cyclic esters (lactones) is 1. The van der Waals surface area contributed by atoms with Crippen LogP contribution in [0.5, 0.6) is 0 Å². The Morgan fingerprint density at radius 2 is 2.33 bits per heavy atom. The second kappa shape index (κ2) is 3.93. The topological polar surface area (TPSA) is 52.6 Å². The van der Waals surface area contributed by atoms with Crippen molar-refractivity contribution in [1.29, 1.82) is 0 Å². The predicted octanol–water partition coefficient (Wildman–Crippen LogP) is 1.08. The monoisotopic (exact) mass is 212 g/mol. The molecule has 2 aliphatic rings. The van der Waals surface area contributed by atoms with Crippen LogP contribution in [0.3, 0.4) is 0 Å². The molecule has 0 bridgehead atoms. The zero-order chi connectivity index (χ0) is 10.9. The lowest BCUT2D eigenvalue weighted by atomic mass is 9.77. The molecule has 15 heavy (non-hydrogen) atoms. The summed E-state index contributed by atoms with van der Waals surface area (Å²) in [6, 6.07) is 0. The highest BCUT2D eigenvalue weighted by molar-refractivity contribution is 6.03. The van der Waals surface area contributed by atoms with E-state index in [1.165, 1.54) is 6.92 Å². The van der Waals surface area contributed by atoms with Gasteiger partial charge in [-0.3, -0.25) is 9.59 Å². The van der Waals surface area contributed by atoms with Crippen LogP contribution in [0.4, 0.5) is 0 Å². The molecular weight excluding hydrogens is 196 g/mol. The number of ether oxygens (including phenoxy) is 2. The third-order valence-corrected chi connectivity index (χ3v) is 3.43. The molecule has 2 heterocycles. The first-order valence-corrected chi connectivity index (χ1v) is 5.45. The third kappa shape index (κ3) is 1.78. The van der Waals surface area contributed by atoms with Gasteiger partial charge in [0.2, 0.25) is 0 Å². The average molecular weight is 212 g/mol. The fraction of sp³-hybridized carbons (Fsp3) is 0.818. The van der Waals surface area contributed by atoms with Crippen LogP contribution in [0.2, 0.25) is 0 Å². The SMILES string of the molecule is CC(=O)C1(CC2CCCO2)CCOC1=O. The summed E-state index contributed by atoms with van der Waals surface area (Å²) >= 11 is 0. The van der Waals surface area contributed by atoms with E-state index < -0.39 is 5.41 Å². The summed E-state index contributed by atoms with van der Waals surface area (Å²) in [5, 5.41) is 0. The molecule has 0 aliphatic carbocycles. The van der Waals surface area contributed by atoms with Crippen molar-refractivity contribution in [1.82, 2.24) is 0 Å². The Hall–Kier alpha value is -0.900. The second-order valence-electron chi connectivity index (χ2n) is 4.36. The molecule has 0 radical (unpaired) electrons. The van der Waals surface area contributed by atoms with Gasteiger partial charge in [0.1, 0.15) is 11.2 Å². The van der Waals surface area contributed by atoms with E-state index in [-0.39, 0.29) is 17.9 Å².